The summed E-state index contributed by atoms with van der Waals surface area (Å²) >= 11 is 0. The topological polar surface area (TPSA) is 3.24 Å². The van der Waals surface area contributed by atoms with Crippen molar-refractivity contribution in [2.24, 2.45) is 0 Å². The minimum atomic E-state index is 0.911. The molecular formula is C29H23N. The van der Waals surface area contributed by atoms with E-state index >= 15 is 0 Å². The molecule has 0 atom stereocenters. The Morgan fingerprint density at radius 2 is 1.03 bits per heavy atom. The molecule has 144 valence electrons. The largest absolute Gasteiger partial charge is 0.363 e. The lowest BCUT2D eigenvalue weighted by atomic mass is 9.88. The maximum Gasteiger partial charge on any atom is 0.0439 e. The number of hydrogen-bond donors (Lipinski definition) is 0. The minimum Gasteiger partial charge on any atom is -0.363 e. The van der Waals surface area contributed by atoms with E-state index in [1.165, 1.54) is 55.0 Å². The third-order valence-corrected chi connectivity index (χ3v) is 6.46. The Morgan fingerprint density at radius 3 is 1.60 bits per heavy atom. The van der Waals surface area contributed by atoms with Crippen molar-refractivity contribution in [2.75, 3.05) is 4.90 Å². The summed E-state index contributed by atoms with van der Waals surface area (Å²) in [6.45, 7) is 4.03. The van der Waals surface area contributed by atoms with Gasteiger partial charge in [-0.2, -0.15) is 0 Å². The van der Waals surface area contributed by atoms with Crippen LogP contribution in [0.2, 0.25) is 0 Å². The van der Waals surface area contributed by atoms with Crippen LogP contribution in [0.3, 0.4) is 0 Å². The van der Waals surface area contributed by atoms with Gasteiger partial charge in [0, 0.05) is 18.8 Å². The lowest BCUT2D eigenvalue weighted by Crippen LogP contribution is -2.21. The number of fused-ring (bicyclic) bond motifs is 7. The molecule has 0 radical (unpaired) electrons. The molecule has 1 aliphatic heterocycles. The predicted molar refractivity (Wildman–Crippen MR) is 128 cm³/mol. The molecule has 6 rings (SSSR count). The van der Waals surface area contributed by atoms with Crippen molar-refractivity contribution in [2.45, 2.75) is 20.0 Å². The number of nitrogens with zero attached hydrogens (tertiary/aromatic N) is 1. The van der Waals surface area contributed by atoms with Gasteiger partial charge in [0.1, 0.15) is 0 Å². The van der Waals surface area contributed by atoms with Crippen LogP contribution in [0.5, 0.6) is 0 Å². The van der Waals surface area contributed by atoms with Crippen molar-refractivity contribution < 1.29 is 0 Å². The zero-order valence-electron chi connectivity index (χ0n) is 17.1. The Balaban J connectivity index is 1.71. The molecule has 0 fully saturated rings. The molecule has 1 heteroatoms. The van der Waals surface area contributed by atoms with Crippen molar-refractivity contribution in [3.05, 3.63) is 114 Å². The van der Waals surface area contributed by atoms with Crippen LogP contribution in [0.25, 0.3) is 32.7 Å². The Morgan fingerprint density at radius 1 is 0.533 bits per heavy atom. The van der Waals surface area contributed by atoms with Crippen LogP contribution < -0.4 is 4.90 Å². The summed E-state index contributed by atoms with van der Waals surface area (Å²) in [7, 11) is 0. The molecular weight excluding hydrogens is 362 g/mol. The van der Waals surface area contributed by atoms with E-state index in [0.717, 1.165) is 13.1 Å². The normalized spacial score (nSPS) is 13.2. The molecule has 5 aromatic carbocycles. The lowest BCUT2D eigenvalue weighted by molar-refractivity contribution is 0.809. The number of benzene rings is 5. The van der Waals surface area contributed by atoms with E-state index < -0.39 is 0 Å². The number of para-hydroxylation sites is 1. The highest BCUT2D eigenvalue weighted by molar-refractivity contribution is 6.08. The summed E-state index contributed by atoms with van der Waals surface area (Å²) < 4.78 is 0. The summed E-state index contributed by atoms with van der Waals surface area (Å²) in [5.74, 6) is 0. The van der Waals surface area contributed by atoms with Gasteiger partial charge in [-0.05, 0) is 62.4 Å². The molecule has 0 bridgehead atoms. The van der Waals surface area contributed by atoms with E-state index in [4.69, 9.17) is 0 Å². The smallest absolute Gasteiger partial charge is 0.0439 e. The van der Waals surface area contributed by atoms with Crippen molar-refractivity contribution in [1.82, 2.24) is 0 Å². The van der Waals surface area contributed by atoms with Crippen molar-refractivity contribution in [3.8, 4) is 11.1 Å². The van der Waals surface area contributed by atoms with Gasteiger partial charge in [-0.15, -0.1) is 0 Å². The summed E-state index contributed by atoms with van der Waals surface area (Å²) in [6, 6.07) is 35.6. The van der Waals surface area contributed by atoms with Crippen LogP contribution in [0.15, 0.2) is 97.1 Å². The monoisotopic (exact) mass is 385 g/mol. The van der Waals surface area contributed by atoms with Gasteiger partial charge in [0.25, 0.3) is 0 Å². The minimum absolute atomic E-state index is 0.911. The number of hydrogen-bond acceptors (Lipinski definition) is 1. The lowest BCUT2D eigenvalue weighted by Gasteiger charge is -2.25. The fourth-order valence-corrected chi connectivity index (χ4v) is 5.04. The molecule has 0 amide bonds. The SMILES string of the molecule is Cc1ccccc1N1Cc2ccc3ccccc3c2-c2c(ccc3ccccc23)C1. The zero-order valence-corrected chi connectivity index (χ0v) is 17.1. The van der Waals surface area contributed by atoms with Crippen LogP contribution in [0.4, 0.5) is 5.69 Å². The van der Waals surface area contributed by atoms with Gasteiger partial charge in [0.05, 0.1) is 0 Å². The van der Waals surface area contributed by atoms with E-state index in [0.29, 0.717) is 0 Å². The second-order valence-corrected chi connectivity index (χ2v) is 8.28. The molecule has 0 saturated carbocycles. The molecule has 1 heterocycles. The molecule has 0 spiro atoms. The van der Waals surface area contributed by atoms with Crippen LogP contribution >= 0.6 is 0 Å². The molecule has 1 nitrogen and oxygen atoms in total. The fourth-order valence-electron chi connectivity index (χ4n) is 5.04. The number of rotatable bonds is 1. The van der Waals surface area contributed by atoms with Gasteiger partial charge >= 0.3 is 0 Å². The van der Waals surface area contributed by atoms with Crippen molar-refractivity contribution >= 4 is 27.2 Å². The second-order valence-electron chi connectivity index (χ2n) is 8.28. The molecule has 1 aliphatic rings. The molecule has 0 N–H and O–H groups in total. The van der Waals surface area contributed by atoms with Crippen LogP contribution in [-0.2, 0) is 13.1 Å². The first-order valence-electron chi connectivity index (χ1n) is 10.6. The Kier molecular flexibility index (Phi) is 3.89. The van der Waals surface area contributed by atoms with Crippen LogP contribution in [0.1, 0.15) is 16.7 Å². The predicted octanol–water partition coefficient (Wildman–Crippen LogP) is 7.49. The Labute approximate surface area is 177 Å². The average Bonchev–Trinajstić information content (AvgIpc) is 2.96. The van der Waals surface area contributed by atoms with E-state index in [-0.39, 0.29) is 0 Å². The maximum atomic E-state index is 2.53. The van der Waals surface area contributed by atoms with Gasteiger partial charge in [-0.25, -0.2) is 0 Å². The third-order valence-electron chi connectivity index (χ3n) is 6.46. The summed E-state index contributed by atoms with van der Waals surface area (Å²) in [6.07, 6.45) is 0. The highest BCUT2D eigenvalue weighted by atomic mass is 15.1. The molecule has 30 heavy (non-hydrogen) atoms. The van der Waals surface area contributed by atoms with Gasteiger partial charge in [0.15, 0.2) is 0 Å². The zero-order chi connectivity index (χ0) is 20.1. The van der Waals surface area contributed by atoms with E-state index in [2.05, 4.69) is 109 Å². The average molecular weight is 386 g/mol. The fraction of sp³-hybridized carbons (Fsp3) is 0.103. The highest BCUT2D eigenvalue weighted by Gasteiger charge is 2.23. The van der Waals surface area contributed by atoms with E-state index in [9.17, 15) is 0 Å². The van der Waals surface area contributed by atoms with E-state index in [1.54, 1.807) is 0 Å². The van der Waals surface area contributed by atoms with Crippen molar-refractivity contribution in [3.63, 3.8) is 0 Å². The highest BCUT2D eigenvalue weighted by Crippen LogP contribution is 2.43. The molecule has 0 saturated heterocycles. The first-order valence-corrected chi connectivity index (χ1v) is 10.6. The third kappa shape index (κ3) is 2.63. The van der Waals surface area contributed by atoms with Crippen LogP contribution in [-0.4, -0.2) is 0 Å². The first-order chi connectivity index (χ1) is 14.8. The summed E-state index contributed by atoms with van der Waals surface area (Å²) in [4.78, 5) is 2.53. The first kappa shape index (κ1) is 17.3. The van der Waals surface area contributed by atoms with Gasteiger partial charge in [0.2, 0.25) is 0 Å². The van der Waals surface area contributed by atoms with Crippen molar-refractivity contribution in [1.29, 1.82) is 0 Å². The molecule has 5 aromatic rings. The summed E-state index contributed by atoms with van der Waals surface area (Å²) in [5.41, 5.74) is 8.23. The van der Waals surface area contributed by atoms with E-state index in [1.807, 2.05) is 0 Å². The maximum absolute atomic E-state index is 2.53. The second kappa shape index (κ2) is 6.74. The number of aryl methyl sites for hydroxylation is 1. The molecule has 0 unspecified atom stereocenters. The molecule has 0 aromatic heterocycles. The van der Waals surface area contributed by atoms with Gasteiger partial charge in [-0.1, -0.05) is 91.0 Å². The Hall–Kier alpha value is -3.58. The van der Waals surface area contributed by atoms with Gasteiger partial charge in [-0.3, -0.25) is 0 Å². The standard InChI is InChI=1S/C29H23N/c1-20-8-2-7-13-27(20)30-18-23-16-14-21-9-3-5-11-25(21)28(23)29-24(19-30)17-15-22-10-4-6-12-26(22)29/h2-17H,18-19H2,1H3. The van der Waals surface area contributed by atoms with Gasteiger partial charge < -0.3 is 4.90 Å². The Bertz CT molecular complexity index is 1330. The summed E-state index contributed by atoms with van der Waals surface area (Å²) in [5, 5.41) is 5.30. The quantitative estimate of drug-likeness (QED) is 0.289. The van der Waals surface area contributed by atoms with Crippen LogP contribution in [0, 0.1) is 6.92 Å². The number of anilines is 1. The molecule has 0 aliphatic carbocycles.